The Labute approximate surface area is 233 Å². The standard InChI is InChI=1S/C11H12N2S.C10H22O.C8H10BN2O2/c1-8-4-3-5-9(6-8)10-7-14-11(12-2)13-10;1-5-9(3)7-8-10(6-2)11-4;1-9-11-4-2-7(6-11)8(13)10-3-5-12/h3-7H,1-2H3,(H,12,13);9-10H,5-8H2,1-4H3;2,4-6H,3H2,1H3,(H,10,13). The summed E-state index contributed by atoms with van der Waals surface area (Å²) in [4.78, 5) is 25.7. The molecule has 1 radical (unpaired) electrons. The number of nitrogens with one attached hydrogen (secondary N) is 2. The van der Waals surface area contributed by atoms with Gasteiger partial charge in [-0.05, 0) is 50.4 Å². The van der Waals surface area contributed by atoms with Crippen molar-refractivity contribution < 1.29 is 14.3 Å². The van der Waals surface area contributed by atoms with Crippen LogP contribution in [0.4, 0.5) is 5.13 Å². The summed E-state index contributed by atoms with van der Waals surface area (Å²) in [6, 6.07) is 10.1. The Morgan fingerprint density at radius 3 is 2.53 bits per heavy atom. The minimum Gasteiger partial charge on any atom is -0.402 e. The monoisotopic (exact) mass is 539 g/mol. The van der Waals surface area contributed by atoms with Crippen LogP contribution in [-0.4, -0.2) is 55.9 Å². The molecule has 2 aromatic heterocycles. The number of ether oxygens (including phenoxy) is 1. The molecule has 1 aromatic carbocycles. The summed E-state index contributed by atoms with van der Waals surface area (Å²) in [6.45, 7) is 10.8. The van der Waals surface area contributed by atoms with Crippen molar-refractivity contribution in [2.75, 3.05) is 26.0 Å². The number of aromatic nitrogens is 2. The summed E-state index contributed by atoms with van der Waals surface area (Å²) >= 11 is 1.63. The zero-order valence-corrected chi connectivity index (χ0v) is 24.8. The first-order valence-corrected chi connectivity index (χ1v) is 14.1. The highest BCUT2D eigenvalue weighted by Crippen LogP contribution is 2.24. The van der Waals surface area contributed by atoms with Crippen LogP contribution in [0.5, 0.6) is 0 Å². The molecule has 9 heteroatoms. The lowest BCUT2D eigenvalue weighted by Gasteiger charge is -2.15. The second-order valence-electron chi connectivity index (χ2n) is 9.00. The highest BCUT2D eigenvalue weighted by molar-refractivity contribution is 7.14. The number of methoxy groups -OCH3 is 1. The molecule has 0 bridgehead atoms. The molecule has 2 N–H and O–H groups in total. The average Bonchev–Trinajstić information content (AvgIpc) is 3.63. The van der Waals surface area contributed by atoms with Crippen molar-refractivity contribution in [2.24, 2.45) is 5.92 Å². The first-order valence-electron chi connectivity index (χ1n) is 13.2. The van der Waals surface area contributed by atoms with Gasteiger partial charge >= 0.3 is 0 Å². The predicted molar refractivity (Wildman–Crippen MR) is 161 cm³/mol. The Morgan fingerprint density at radius 1 is 1.24 bits per heavy atom. The normalized spacial score (nSPS) is 11.7. The lowest BCUT2D eigenvalue weighted by atomic mass is 10.00. The fourth-order valence-electron chi connectivity index (χ4n) is 3.43. The molecule has 3 rings (SSSR count). The number of carbonyl (C=O) groups excluding carboxylic acids is 2. The van der Waals surface area contributed by atoms with Crippen LogP contribution in [0.1, 0.15) is 62.4 Å². The van der Waals surface area contributed by atoms with Crippen molar-refractivity contribution in [3.8, 4) is 11.3 Å². The second-order valence-corrected chi connectivity index (χ2v) is 9.85. The van der Waals surface area contributed by atoms with E-state index in [-0.39, 0.29) is 12.5 Å². The molecule has 207 valence electrons. The molecule has 7 nitrogen and oxygen atoms in total. The summed E-state index contributed by atoms with van der Waals surface area (Å²) in [5.41, 5.74) is 4.05. The molecular weight excluding hydrogens is 495 g/mol. The summed E-state index contributed by atoms with van der Waals surface area (Å²) in [5.74, 6) is 0.631. The molecule has 2 atom stereocenters. The van der Waals surface area contributed by atoms with Gasteiger partial charge in [0.05, 0.1) is 23.9 Å². The van der Waals surface area contributed by atoms with Gasteiger partial charge in [-0.2, -0.15) is 0 Å². The van der Waals surface area contributed by atoms with Crippen molar-refractivity contribution >= 4 is 36.1 Å². The van der Waals surface area contributed by atoms with Crippen LogP contribution >= 0.6 is 11.3 Å². The van der Waals surface area contributed by atoms with Crippen molar-refractivity contribution in [1.82, 2.24) is 14.8 Å². The van der Waals surface area contributed by atoms with Gasteiger partial charge < -0.3 is 24.6 Å². The molecule has 0 fully saturated rings. The molecule has 1 amide bonds. The molecule has 0 aliphatic rings. The van der Waals surface area contributed by atoms with Gasteiger partial charge in [-0.1, -0.05) is 57.8 Å². The van der Waals surface area contributed by atoms with E-state index in [4.69, 9.17) is 4.74 Å². The van der Waals surface area contributed by atoms with E-state index in [1.807, 2.05) is 28.4 Å². The largest absolute Gasteiger partial charge is 0.402 e. The molecule has 2 unspecified atom stereocenters. The molecule has 0 spiro atoms. The minimum atomic E-state index is -0.229. The van der Waals surface area contributed by atoms with Gasteiger partial charge in [0.25, 0.3) is 5.91 Å². The molecule has 2 heterocycles. The zero-order valence-electron chi connectivity index (χ0n) is 24.0. The third-order valence-corrected chi connectivity index (χ3v) is 6.98. The number of rotatable bonds is 12. The molecule has 0 aliphatic carbocycles. The van der Waals surface area contributed by atoms with Gasteiger partial charge in [0.2, 0.25) is 7.41 Å². The van der Waals surface area contributed by atoms with E-state index < -0.39 is 0 Å². The summed E-state index contributed by atoms with van der Waals surface area (Å²) < 4.78 is 7.07. The van der Waals surface area contributed by atoms with Gasteiger partial charge in [0.1, 0.15) is 6.29 Å². The number of hydrogen-bond acceptors (Lipinski definition) is 6. The van der Waals surface area contributed by atoms with Crippen LogP contribution in [0.3, 0.4) is 0 Å². The van der Waals surface area contributed by atoms with E-state index in [1.54, 1.807) is 34.3 Å². The molecule has 0 aliphatic heterocycles. The number of thiazole rings is 1. The minimum absolute atomic E-state index is 0.0554. The number of anilines is 1. The number of amides is 1. The number of hydrogen-bond donors (Lipinski definition) is 2. The average molecular weight is 540 g/mol. The van der Waals surface area contributed by atoms with Crippen LogP contribution in [-0.2, 0) is 9.53 Å². The Bertz CT molecular complexity index is 1070. The topological polar surface area (TPSA) is 85.2 Å². The van der Waals surface area contributed by atoms with Crippen molar-refractivity contribution in [3.63, 3.8) is 0 Å². The van der Waals surface area contributed by atoms with Gasteiger partial charge in [-0.15, -0.1) is 11.3 Å². The fourth-order valence-corrected chi connectivity index (χ4v) is 4.11. The van der Waals surface area contributed by atoms with E-state index in [1.165, 1.54) is 30.4 Å². The predicted octanol–water partition coefficient (Wildman–Crippen LogP) is 6.33. The Hall–Kier alpha value is -2.91. The first-order chi connectivity index (χ1) is 18.3. The maximum Gasteiger partial charge on any atom is 0.253 e. The molecule has 0 saturated carbocycles. The van der Waals surface area contributed by atoms with Gasteiger partial charge in [-0.3, -0.25) is 4.79 Å². The van der Waals surface area contributed by atoms with E-state index in [0.717, 1.165) is 23.2 Å². The lowest BCUT2D eigenvalue weighted by molar-refractivity contribution is -0.107. The Balaban J connectivity index is 0.000000288. The Morgan fingerprint density at radius 2 is 2.00 bits per heavy atom. The van der Waals surface area contributed by atoms with Crippen molar-refractivity contribution in [2.45, 2.75) is 66.3 Å². The lowest BCUT2D eigenvalue weighted by Crippen LogP contribution is -2.24. The van der Waals surface area contributed by atoms with E-state index in [2.05, 4.69) is 73.0 Å². The number of benzene rings is 1. The molecule has 3 aromatic rings. The maximum atomic E-state index is 11.2. The van der Waals surface area contributed by atoms with E-state index in [0.29, 0.717) is 18.0 Å². The van der Waals surface area contributed by atoms with Crippen LogP contribution in [0.15, 0.2) is 48.1 Å². The third kappa shape index (κ3) is 12.6. The van der Waals surface area contributed by atoms with Crippen molar-refractivity contribution in [1.29, 1.82) is 0 Å². The first kappa shape index (κ1) is 33.1. The smallest absolute Gasteiger partial charge is 0.253 e. The highest BCUT2D eigenvalue weighted by Gasteiger charge is 2.07. The van der Waals surface area contributed by atoms with Gasteiger partial charge in [0, 0.05) is 31.3 Å². The third-order valence-electron chi connectivity index (χ3n) is 6.12. The van der Waals surface area contributed by atoms with Crippen LogP contribution in [0.2, 0.25) is 6.82 Å². The summed E-state index contributed by atoms with van der Waals surface area (Å²) in [6.07, 6.45) is 9.58. The summed E-state index contributed by atoms with van der Waals surface area (Å²) in [7, 11) is 5.53. The summed E-state index contributed by atoms with van der Waals surface area (Å²) in [5, 5.41) is 8.52. The van der Waals surface area contributed by atoms with E-state index in [9.17, 15) is 9.59 Å². The molecule has 38 heavy (non-hydrogen) atoms. The van der Waals surface area contributed by atoms with Gasteiger partial charge in [-0.25, -0.2) is 4.98 Å². The molecular formula is C29H44BN4O3S. The number of aldehydes is 1. The number of aryl methyl sites for hydroxylation is 1. The maximum absolute atomic E-state index is 11.2. The quantitative estimate of drug-likeness (QED) is 0.208. The Kier molecular flexibility index (Phi) is 16.7. The van der Waals surface area contributed by atoms with Gasteiger partial charge in [0.15, 0.2) is 5.13 Å². The van der Waals surface area contributed by atoms with Crippen molar-refractivity contribution in [3.05, 3.63) is 59.2 Å². The SMILES string of the molecule is CCC(C)CCC(CC)OC.CNc1nc(-c2cccc(C)c2)cs1.C[B]n1ccc(C(=O)NCC=O)c1. The number of carbonyl (C=O) groups is 2. The number of nitrogens with zero attached hydrogens (tertiary/aromatic N) is 2. The van der Waals surface area contributed by atoms with Crippen LogP contribution in [0.25, 0.3) is 11.3 Å². The zero-order chi connectivity index (χ0) is 28.3. The highest BCUT2D eigenvalue weighted by atomic mass is 32.1. The molecule has 0 saturated heterocycles. The van der Waals surface area contributed by atoms with Crippen LogP contribution < -0.4 is 10.6 Å². The fraction of sp³-hybridized carbons (Fsp3) is 0.483. The van der Waals surface area contributed by atoms with E-state index >= 15 is 0 Å². The second kappa shape index (κ2) is 19.2. The van der Waals surface area contributed by atoms with Crippen LogP contribution in [0, 0.1) is 12.8 Å².